The van der Waals surface area contributed by atoms with E-state index in [2.05, 4.69) is 11.6 Å². The highest BCUT2D eigenvalue weighted by atomic mass is 35.5. The van der Waals surface area contributed by atoms with Gasteiger partial charge in [0.15, 0.2) is 0 Å². The lowest BCUT2D eigenvalue weighted by Crippen LogP contribution is -2.40. The molecule has 0 radical (unpaired) electrons. The molecule has 0 bridgehead atoms. The Balaban J connectivity index is 0.00000400. The molecule has 0 heterocycles. The zero-order valence-corrected chi connectivity index (χ0v) is 14.9. The van der Waals surface area contributed by atoms with Crippen molar-refractivity contribution >= 4 is 22.4 Å². The van der Waals surface area contributed by atoms with E-state index < -0.39 is 10.0 Å². The quantitative estimate of drug-likeness (QED) is 0.805. The van der Waals surface area contributed by atoms with E-state index in [1.54, 1.807) is 0 Å². The van der Waals surface area contributed by atoms with E-state index in [0.717, 1.165) is 36.0 Å². The normalized spacial score (nSPS) is 12.8. The van der Waals surface area contributed by atoms with Crippen molar-refractivity contribution in [3.05, 3.63) is 28.8 Å². The van der Waals surface area contributed by atoms with Crippen LogP contribution in [0.1, 0.15) is 42.9 Å². The van der Waals surface area contributed by atoms with Gasteiger partial charge in [0.2, 0.25) is 10.0 Å². The summed E-state index contributed by atoms with van der Waals surface area (Å²) in [6.45, 7) is 8.03. The van der Waals surface area contributed by atoms with Gasteiger partial charge in [0.05, 0.1) is 4.90 Å². The minimum Gasteiger partial charge on any atom is -0.329 e. The maximum atomic E-state index is 12.6. The van der Waals surface area contributed by atoms with Gasteiger partial charge in [0.1, 0.15) is 0 Å². The molecule has 122 valence electrons. The number of halogens is 1. The third kappa shape index (κ3) is 5.58. The summed E-state index contributed by atoms with van der Waals surface area (Å²) >= 11 is 0. The summed E-state index contributed by atoms with van der Waals surface area (Å²) in [5.41, 5.74) is 8.30. The largest absolute Gasteiger partial charge is 0.329 e. The summed E-state index contributed by atoms with van der Waals surface area (Å²) in [4.78, 5) is 0.387. The average Bonchev–Trinajstić information content (AvgIpc) is 2.32. The van der Waals surface area contributed by atoms with Crippen molar-refractivity contribution in [2.45, 2.75) is 57.9 Å². The topological polar surface area (TPSA) is 72.2 Å². The molecule has 21 heavy (non-hydrogen) atoms. The molecule has 1 rings (SSSR count). The predicted molar refractivity (Wildman–Crippen MR) is 90.6 cm³/mol. The van der Waals surface area contributed by atoms with E-state index >= 15 is 0 Å². The van der Waals surface area contributed by atoms with Crippen molar-refractivity contribution in [1.29, 1.82) is 0 Å². The van der Waals surface area contributed by atoms with Gasteiger partial charge in [-0.15, -0.1) is 12.4 Å². The van der Waals surface area contributed by atoms with Crippen LogP contribution < -0.4 is 10.5 Å². The Morgan fingerprint density at radius 1 is 1.19 bits per heavy atom. The second-order valence-electron chi connectivity index (χ2n) is 5.42. The van der Waals surface area contributed by atoms with E-state index in [1.165, 1.54) is 0 Å². The Hall–Kier alpha value is -0.620. The summed E-state index contributed by atoms with van der Waals surface area (Å²) in [7, 11) is -3.51. The van der Waals surface area contributed by atoms with Crippen LogP contribution in [0.2, 0.25) is 0 Å². The molecule has 0 aliphatic carbocycles. The van der Waals surface area contributed by atoms with Gasteiger partial charge in [-0.05, 0) is 38.3 Å². The molecule has 0 aliphatic rings. The van der Waals surface area contributed by atoms with Crippen molar-refractivity contribution in [1.82, 2.24) is 4.72 Å². The summed E-state index contributed by atoms with van der Waals surface area (Å²) in [5, 5.41) is 0. The zero-order valence-electron chi connectivity index (χ0n) is 13.3. The number of nitrogens with two attached hydrogens (primary N) is 1. The summed E-state index contributed by atoms with van der Waals surface area (Å²) in [6.07, 6.45) is 2.77. The molecule has 3 N–H and O–H groups in total. The molecule has 0 fully saturated rings. The average molecular weight is 335 g/mol. The van der Waals surface area contributed by atoms with Crippen molar-refractivity contribution in [3.63, 3.8) is 0 Å². The third-order valence-corrected chi connectivity index (χ3v) is 5.21. The fourth-order valence-corrected chi connectivity index (χ4v) is 4.28. The number of hydrogen-bond donors (Lipinski definition) is 2. The van der Waals surface area contributed by atoms with E-state index in [0.29, 0.717) is 11.4 Å². The second-order valence-corrected chi connectivity index (χ2v) is 7.07. The van der Waals surface area contributed by atoms with E-state index in [1.807, 2.05) is 32.9 Å². The van der Waals surface area contributed by atoms with Crippen LogP contribution in [0.15, 0.2) is 17.0 Å². The van der Waals surface area contributed by atoms with Gasteiger partial charge in [0, 0.05) is 12.6 Å². The molecule has 1 atom stereocenters. The minimum atomic E-state index is -3.51. The molecule has 4 nitrogen and oxygen atoms in total. The van der Waals surface area contributed by atoms with Gasteiger partial charge < -0.3 is 5.73 Å². The van der Waals surface area contributed by atoms with Crippen LogP contribution in [0.25, 0.3) is 0 Å². The first-order chi connectivity index (χ1) is 9.31. The van der Waals surface area contributed by atoms with Crippen molar-refractivity contribution in [2.75, 3.05) is 6.54 Å². The monoisotopic (exact) mass is 334 g/mol. The van der Waals surface area contributed by atoms with Crippen LogP contribution in [0.3, 0.4) is 0 Å². The fourth-order valence-electron chi connectivity index (χ4n) is 2.54. The highest BCUT2D eigenvalue weighted by molar-refractivity contribution is 7.89. The highest BCUT2D eigenvalue weighted by Gasteiger charge is 2.22. The number of unbranched alkanes of at least 4 members (excludes halogenated alkanes) is 1. The molecule has 0 spiro atoms. The van der Waals surface area contributed by atoms with Crippen molar-refractivity contribution in [3.8, 4) is 0 Å². The van der Waals surface area contributed by atoms with Gasteiger partial charge in [-0.25, -0.2) is 13.1 Å². The lowest BCUT2D eigenvalue weighted by Gasteiger charge is -2.19. The zero-order chi connectivity index (χ0) is 15.3. The smallest absolute Gasteiger partial charge is 0.241 e. The van der Waals surface area contributed by atoms with Crippen LogP contribution in [0, 0.1) is 20.8 Å². The van der Waals surface area contributed by atoms with Crippen LogP contribution in [-0.2, 0) is 10.0 Å². The molecule has 0 aromatic heterocycles. The van der Waals surface area contributed by atoms with E-state index in [9.17, 15) is 8.42 Å². The molecule has 1 aromatic carbocycles. The first kappa shape index (κ1) is 20.4. The maximum Gasteiger partial charge on any atom is 0.241 e. The number of rotatable bonds is 7. The molecular formula is C15H27ClN2O2S. The summed E-state index contributed by atoms with van der Waals surface area (Å²) in [6, 6.07) is 3.59. The molecule has 0 saturated heterocycles. The van der Waals surface area contributed by atoms with Gasteiger partial charge in [-0.1, -0.05) is 37.5 Å². The van der Waals surface area contributed by atoms with Crippen LogP contribution >= 0.6 is 12.4 Å². The number of aryl methyl sites for hydroxylation is 3. The molecule has 1 aromatic rings. The summed E-state index contributed by atoms with van der Waals surface area (Å²) in [5.74, 6) is 0. The Labute approximate surface area is 135 Å². The van der Waals surface area contributed by atoms with Crippen LogP contribution in [0.4, 0.5) is 0 Å². The molecule has 6 heteroatoms. The lowest BCUT2D eigenvalue weighted by molar-refractivity contribution is 0.515. The van der Waals surface area contributed by atoms with Crippen LogP contribution in [0.5, 0.6) is 0 Å². The van der Waals surface area contributed by atoms with Gasteiger partial charge in [0.25, 0.3) is 0 Å². The second kappa shape index (κ2) is 8.73. The first-order valence-electron chi connectivity index (χ1n) is 7.12. The fraction of sp³-hybridized carbons (Fsp3) is 0.600. The van der Waals surface area contributed by atoms with E-state index in [-0.39, 0.29) is 18.4 Å². The van der Waals surface area contributed by atoms with Crippen LogP contribution in [-0.4, -0.2) is 21.0 Å². The van der Waals surface area contributed by atoms with Gasteiger partial charge >= 0.3 is 0 Å². The maximum absolute atomic E-state index is 12.6. The molecule has 0 aliphatic heterocycles. The number of benzene rings is 1. The Morgan fingerprint density at radius 3 is 2.14 bits per heavy atom. The van der Waals surface area contributed by atoms with Gasteiger partial charge in [-0.2, -0.15) is 0 Å². The predicted octanol–water partition coefficient (Wildman–Crippen LogP) is 2.83. The first-order valence-corrected chi connectivity index (χ1v) is 8.60. The molecular weight excluding hydrogens is 308 g/mol. The summed E-state index contributed by atoms with van der Waals surface area (Å²) < 4.78 is 27.8. The van der Waals surface area contributed by atoms with Crippen molar-refractivity contribution < 1.29 is 8.42 Å². The Morgan fingerprint density at radius 2 is 1.71 bits per heavy atom. The third-order valence-electron chi connectivity index (χ3n) is 3.39. The van der Waals surface area contributed by atoms with Gasteiger partial charge in [-0.3, -0.25) is 0 Å². The standard InChI is InChI=1S/C15H26N2O2S.ClH/c1-5-6-7-14(10-16)17-20(18,19)15-12(3)8-11(2)9-13(15)4;/h8-9,14,17H,5-7,10,16H2,1-4H3;1H. The highest BCUT2D eigenvalue weighted by Crippen LogP contribution is 2.22. The lowest BCUT2D eigenvalue weighted by atomic mass is 10.1. The molecule has 0 amide bonds. The Bertz CT molecular complexity index is 536. The number of sulfonamides is 1. The SMILES string of the molecule is CCCCC(CN)NS(=O)(=O)c1c(C)cc(C)cc1C.Cl. The van der Waals surface area contributed by atoms with E-state index in [4.69, 9.17) is 5.73 Å². The van der Waals surface area contributed by atoms with Crippen molar-refractivity contribution in [2.24, 2.45) is 5.73 Å². The molecule has 0 saturated carbocycles. The molecule has 1 unspecified atom stereocenters. The minimum absolute atomic E-state index is 0. The Kier molecular flexibility index (Phi) is 8.48. The number of hydrogen-bond acceptors (Lipinski definition) is 3. The number of nitrogens with one attached hydrogen (secondary N) is 1.